The van der Waals surface area contributed by atoms with Crippen LogP contribution in [0.5, 0.6) is 0 Å². The maximum absolute atomic E-state index is 14.2. The number of fused-ring (bicyclic) bond motifs is 1. The van der Waals surface area contributed by atoms with E-state index in [1.165, 1.54) is 0 Å². The number of nitrogens with zero attached hydrogens (tertiary/aromatic N) is 1. The first kappa shape index (κ1) is 20.7. The second kappa shape index (κ2) is 7.44. The molecule has 32 heavy (non-hydrogen) atoms. The highest BCUT2D eigenvalue weighted by molar-refractivity contribution is 5.94. The third-order valence-electron chi connectivity index (χ3n) is 7.23. The Morgan fingerprint density at radius 1 is 0.969 bits per heavy atom. The summed E-state index contributed by atoms with van der Waals surface area (Å²) in [6, 6.07) is 30.0. The van der Waals surface area contributed by atoms with Crippen LogP contribution < -0.4 is 0 Å². The molecule has 0 bridgehead atoms. The normalized spacial score (nSPS) is 27.0. The number of aliphatic hydroxyl groups is 1. The number of hydrogen-bond acceptors (Lipinski definition) is 3. The number of carbonyl (C=O) groups excluding carboxylic acids is 1. The lowest BCUT2D eigenvalue weighted by atomic mass is 9.60. The fourth-order valence-electron chi connectivity index (χ4n) is 5.73. The van der Waals surface area contributed by atoms with Crippen LogP contribution in [0.4, 0.5) is 0 Å². The molecule has 0 aromatic heterocycles. The molecule has 1 N–H and O–H groups in total. The highest BCUT2D eigenvalue weighted by atomic mass is 16.6. The average Bonchev–Trinajstić information content (AvgIpc) is 3.06. The molecule has 0 radical (unpaired) electrons. The Kier molecular flexibility index (Phi) is 4.81. The van der Waals surface area contributed by atoms with Gasteiger partial charge in [-0.05, 0) is 30.0 Å². The molecular weight excluding hydrogens is 398 g/mol. The predicted molar refractivity (Wildman–Crippen MR) is 124 cm³/mol. The minimum Gasteiger partial charge on any atom is -0.365 e. The zero-order valence-electron chi connectivity index (χ0n) is 18.1. The second-order valence-electron chi connectivity index (χ2n) is 8.76. The third-order valence-corrected chi connectivity index (χ3v) is 7.23. The summed E-state index contributed by atoms with van der Waals surface area (Å²) < 4.78 is 5.83. The standard InChI is InChI=1S/C28H27NO3/c1-3-19-27-24(20-32-26(27,2)31)29(25(27)30)28(21-13-7-4-8-14-21,22-15-9-5-10-16-22)23-17-11-6-12-18-23/h3-18,24,31H,1,19-20H2,2H3/t24-,26?,27+/m0/s1. The number of benzene rings is 3. The van der Waals surface area contributed by atoms with Crippen molar-refractivity contribution >= 4 is 5.91 Å². The van der Waals surface area contributed by atoms with Gasteiger partial charge in [-0.3, -0.25) is 4.79 Å². The molecule has 0 saturated carbocycles. The van der Waals surface area contributed by atoms with Gasteiger partial charge in [0.1, 0.15) is 11.0 Å². The van der Waals surface area contributed by atoms with Crippen molar-refractivity contribution in [3.63, 3.8) is 0 Å². The van der Waals surface area contributed by atoms with E-state index in [2.05, 4.69) is 43.0 Å². The molecule has 3 atom stereocenters. The number of hydrogen-bond donors (Lipinski definition) is 1. The lowest BCUT2D eigenvalue weighted by Gasteiger charge is -2.62. The van der Waals surface area contributed by atoms with Crippen LogP contribution >= 0.6 is 0 Å². The maximum atomic E-state index is 14.2. The summed E-state index contributed by atoms with van der Waals surface area (Å²) in [4.78, 5) is 16.1. The molecule has 1 unspecified atom stereocenters. The van der Waals surface area contributed by atoms with E-state index in [9.17, 15) is 9.90 Å². The molecule has 0 spiro atoms. The zero-order valence-corrected chi connectivity index (χ0v) is 18.1. The molecule has 3 aromatic rings. The van der Waals surface area contributed by atoms with Crippen LogP contribution in [-0.4, -0.2) is 34.3 Å². The molecular formula is C28H27NO3. The van der Waals surface area contributed by atoms with Gasteiger partial charge in [-0.1, -0.05) is 97.1 Å². The van der Waals surface area contributed by atoms with Crippen LogP contribution in [0.15, 0.2) is 104 Å². The van der Waals surface area contributed by atoms with E-state index in [0.717, 1.165) is 16.7 Å². The van der Waals surface area contributed by atoms with E-state index in [0.29, 0.717) is 6.42 Å². The van der Waals surface area contributed by atoms with Crippen molar-refractivity contribution in [3.8, 4) is 0 Å². The number of β-lactam (4-membered cyclic amide) rings is 1. The Hall–Kier alpha value is -3.21. The molecule has 2 saturated heterocycles. The van der Waals surface area contributed by atoms with Crippen LogP contribution in [0.25, 0.3) is 0 Å². The highest BCUT2D eigenvalue weighted by Crippen LogP contribution is 2.61. The monoisotopic (exact) mass is 425 g/mol. The van der Waals surface area contributed by atoms with Gasteiger partial charge in [0, 0.05) is 0 Å². The summed E-state index contributed by atoms with van der Waals surface area (Å²) in [6.07, 6.45) is 2.06. The van der Waals surface area contributed by atoms with E-state index in [1.807, 2.05) is 59.5 Å². The molecule has 2 heterocycles. The van der Waals surface area contributed by atoms with E-state index in [1.54, 1.807) is 13.0 Å². The Morgan fingerprint density at radius 3 is 1.81 bits per heavy atom. The summed E-state index contributed by atoms with van der Waals surface area (Å²) in [7, 11) is 0. The van der Waals surface area contributed by atoms with Gasteiger partial charge >= 0.3 is 0 Å². The van der Waals surface area contributed by atoms with E-state index in [4.69, 9.17) is 4.74 Å². The summed E-state index contributed by atoms with van der Waals surface area (Å²) in [5.41, 5.74) is 1.07. The summed E-state index contributed by atoms with van der Waals surface area (Å²) in [6.45, 7) is 5.72. The fraction of sp³-hybridized carbons (Fsp3) is 0.250. The number of allylic oxidation sites excluding steroid dienone is 1. The molecule has 2 aliphatic rings. The Bertz CT molecular complexity index is 1030. The highest BCUT2D eigenvalue weighted by Gasteiger charge is 2.76. The first-order chi connectivity index (χ1) is 15.5. The van der Waals surface area contributed by atoms with Gasteiger partial charge in [-0.2, -0.15) is 0 Å². The van der Waals surface area contributed by atoms with E-state index < -0.39 is 16.7 Å². The lowest BCUT2D eigenvalue weighted by Crippen LogP contribution is -2.77. The fourth-order valence-corrected chi connectivity index (χ4v) is 5.73. The molecule has 0 aliphatic carbocycles. The molecule has 162 valence electrons. The van der Waals surface area contributed by atoms with Gasteiger partial charge < -0.3 is 14.7 Å². The Balaban J connectivity index is 1.81. The Labute approximate surface area is 188 Å². The van der Waals surface area contributed by atoms with Gasteiger partial charge in [0.25, 0.3) is 0 Å². The summed E-state index contributed by atoms with van der Waals surface area (Å²) in [5, 5.41) is 11.1. The van der Waals surface area contributed by atoms with Crippen LogP contribution in [0, 0.1) is 5.41 Å². The van der Waals surface area contributed by atoms with E-state index in [-0.39, 0.29) is 18.6 Å². The van der Waals surface area contributed by atoms with Gasteiger partial charge in [0.2, 0.25) is 5.91 Å². The molecule has 2 aliphatic heterocycles. The number of likely N-dealkylation sites (tertiary alicyclic amines) is 1. The molecule has 2 fully saturated rings. The van der Waals surface area contributed by atoms with Crippen LogP contribution in [-0.2, 0) is 15.1 Å². The van der Waals surface area contributed by atoms with Crippen LogP contribution in [0.1, 0.15) is 30.0 Å². The first-order valence-electron chi connectivity index (χ1n) is 11.0. The number of ether oxygens (including phenoxy) is 1. The van der Waals surface area contributed by atoms with Gasteiger partial charge in [0.05, 0.1) is 12.6 Å². The van der Waals surface area contributed by atoms with Gasteiger partial charge in [-0.15, -0.1) is 6.58 Å². The number of amides is 1. The van der Waals surface area contributed by atoms with E-state index >= 15 is 0 Å². The van der Waals surface area contributed by atoms with Gasteiger partial charge in [0.15, 0.2) is 5.79 Å². The second-order valence-corrected chi connectivity index (χ2v) is 8.76. The number of carbonyl (C=O) groups is 1. The lowest BCUT2D eigenvalue weighted by molar-refractivity contribution is -0.239. The molecule has 4 heteroatoms. The molecule has 3 aromatic carbocycles. The van der Waals surface area contributed by atoms with Crippen molar-refractivity contribution in [1.29, 1.82) is 0 Å². The quantitative estimate of drug-likeness (QED) is 0.360. The topological polar surface area (TPSA) is 49.8 Å². The summed E-state index contributed by atoms with van der Waals surface area (Å²) in [5.74, 6) is -1.67. The van der Waals surface area contributed by atoms with Crippen molar-refractivity contribution in [1.82, 2.24) is 4.90 Å². The SMILES string of the molecule is C=CC[C@]12C(=O)N(C(c3ccccc3)(c3ccccc3)c3ccccc3)[C@H]1COC2(C)O. The smallest absolute Gasteiger partial charge is 0.238 e. The predicted octanol–water partition coefficient (Wildman–Crippen LogP) is 4.49. The maximum Gasteiger partial charge on any atom is 0.238 e. The number of rotatable bonds is 6. The minimum atomic E-state index is -1.55. The van der Waals surface area contributed by atoms with Crippen molar-refractivity contribution in [2.45, 2.75) is 30.7 Å². The summed E-state index contributed by atoms with van der Waals surface area (Å²) >= 11 is 0. The first-order valence-corrected chi connectivity index (χ1v) is 11.0. The van der Waals surface area contributed by atoms with Crippen LogP contribution in [0.3, 0.4) is 0 Å². The van der Waals surface area contributed by atoms with Crippen LogP contribution in [0.2, 0.25) is 0 Å². The third kappa shape index (κ3) is 2.54. The average molecular weight is 426 g/mol. The van der Waals surface area contributed by atoms with Crippen molar-refractivity contribution in [3.05, 3.63) is 120 Å². The largest absolute Gasteiger partial charge is 0.365 e. The van der Waals surface area contributed by atoms with Gasteiger partial charge in [-0.25, -0.2) is 0 Å². The van der Waals surface area contributed by atoms with Crippen molar-refractivity contribution in [2.24, 2.45) is 5.41 Å². The minimum absolute atomic E-state index is 0.124. The molecule has 5 rings (SSSR count). The molecule has 1 amide bonds. The Morgan fingerprint density at radius 2 is 1.41 bits per heavy atom. The zero-order chi connectivity index (χ0) is 22.4. The molecule has 4 nitrogen and oxygen atoms in total. The van der Waals surface area contributed by atoms with Crippen molar-refractivity contribution in [2.75, 3.05) is 6.61 Å². The van der Waals surface area contributed by atoms with Crippen molar-refractivity contribution < 1.29 is 14.6 Å².